The van der Waals surface area contributed by atoms with Gasteiger partial charge in [0.1, 0.15) is 0 Å². The zero-order valence-electron chi connectivity index (χ0n) is 8.83. The van der Waals surface area contributed by atoms with Crippen molar-refractivity contribution in [3.8, 4) is 0 Å². The molecule has 0 unspecified atom stereocenters. The molecule has 1 saturated heterocycles. The summed E-state index contributed by atoms with van der Waals surface area (Å²) in [5.74, 6) is 0.193. The van der Waals surface area contributed by atoms with E-state index in [0.717, 1.165) is 25.9 Å². The third-order valence-corrected chi connectivity index (χ3v) is 2.64. The van der Waals surface area contributed by atoms with Gasteiger partial charge in [-0.2, -0.15) is 0 Å². The first-order valence-electron chi connectivity index (χ1n) is 5.42. The molecule has 1 fully saturated rings. The topological polar surface area (TPSA) is 52.6 Å². The lowest BCUT2D eigenvalue weighted by Crippen LogP contribution is -2.44. The Kier molecular flexibility index (Phi) is 4.90. The van der Waals surface area contributed by atoms with Crippen molar-refractivity contribution in [1.29, 1.82) is 0 Å². The van der Waals surface area contributed by atoms with Gasteiger partial charge < -0.3 is 15.3 Å². The van der Waals surface area contributed by atoms with Crippen LogP contribution < -0.4 is 5.32 Å². The van der Waals surface area contributed by atoms with Crippen molar-refractivity contribution in [2.45, 2.75) is 32.2 Å². The highest BCUT2D eigenvalue weighted by atomic mass is 16.3. The summed E-state index contributed by atoms with van der Waals surface area (Å²) in [7, 11) is 0. The number of hydrogen-bond donors (Lipinski definition) is 2. The molecule has 4 heteroatoms. The summed E-state index contributed by atoms with van der Waals surface area (Å²) in [6, 6.07) is 0.0219. The lowest BCUT2D eigenvalue weighted by Gasteiger charge is -2.23. The molecular weight excluding hydrogens is 180 g/mol. The summed E-state index contributed by atoms with van der Waals surface area (Å²) in [4.78, 5) is 13.7. The van der Waals surface area contributed by atoms with Crippen LogP contribution in [0.15, 0.2) is 0 Å². The lowest BCUT2D eigenvalue weighted by molar-refractivity contribution is -0.133. The third-order valence-electron chi connectivity index (χ3n) is 2.64. The van der Waals surface area contributed by atoms with Crippen LogP contribution in [-0.2, 0) is 4.79 Å². The first-order chi connectivity index (χ1) is 6.79. The number of aliphatic hydroxyl groups excluding tert-OH is 1. The Labute approximate surface area is 85.3 Å². The number of hydrogen-bond acceptors (Lipinski definition) is 3. The van der Waals surface area contributed by atoms with Crippen LogP contribution in [-0.4, -0.2) is 48.2 Å². The second-order valence-electron chi connectivity index (χ2n) is 3.64. The number of likely N-dealkylation sites (N-methyl/N-ethyl adjacent to an activating group) is 1. The maximum absolute atomic E-state index is 11.9. The van der Waals surface area contributed by atoms with Crippen molar-refractivity contribution in [3.05, 3.63) is 0 Å². The van der Waals surface area contributed by atoms with Gasteiger partial charge in [0.15, 0.2) is 0 Å². The Morgan fingerprint density at radius 1 is 1.64 bits per heavy atom. The normalized spacial score (nSPS) is 21.1. The molecule has 0 aromatic heterocycles. The van der Waals surface area contributed by atoms with Crippen molar-refractivity contribution < 1.29 is 9.90 Å². The SMILES string of the molecule is CCN(CCCO)C(=O)[C@@H]1CCCN1. The number of nitrogens with zero attached hydrogens (tertiary/aromatic N) is 1. The highest BCUT2D eigenvalue weighted by Gasteiger charge is 2.25. The van der Waals surface area contributed by atoms with Crippen LogP contribution in [0.25, 0.3) is 0 Å². The molecule has 1 rings (SSSR count). The second kappa shape index (κ2) is 5.98. The van der Waals surface area contributed by atoms with E-state index >= 15 is 0 Å². The Morgan fingerprint density at radius 2 is 2.43 bits per heavy atom. The highest BCUT2D eigenvalue weighted by Crippen LogP contribution is 2.08. The fraction of sp³-hybridized carbons (Fsp3) is 0.900. The summed E-state index contributed by atoms with van der Waals surface area (Å²) >= 11 is 0. The third kappa shape index (κ3) is 2.96. The predicted octanol–water partition coefficient (Wildman–Crippen LogP) is -0.0307. The average molecular weight is 200 g/mol. The number of carbonyl (C=O) groups excluding carboxylic acids is 1. The van der Waals surface area contributed by atoms with E-state index in [0.29, 0.717) is 13.0 Å². The molecule has 4 nitrogen and oxygen atoms in total. The maximum Gasteiger partial charge on any atom is 0.239 e. The molecule has 0 bridgehead atoms. The molecule has 14 heavy (non-hydrogen) atoms. The second-order valence-corrected chi connectivity index (χ2v) is 3.64. The minimum atomic E-state index is 0.0219. The predicted molar refractivity (Wildman–Crippen MR) is 55.0 cm³/mol. The lowest BCUT2D eigenvalue weighted by atomic mass is 10.2. The van der Waals surface area contributed by atoms with Gasteiger partial charge in [0.05, 0.1) is 6.04 Å². The van der Waals surface area contributed by atoms with E-state index < -0.39 is 0 Å². The molecule has 0 saturated carbocycles. The van der Waals surface area contributed by atoms with E-state index in [-0.39, 0.29) is 18.6 Å². The van der Waals surface area contributed by atoms with Gasteiger partial charge in [-0.25, -0.2) is 0 Å². The monoisotopic (exact) mass is 200 g/mol. The number of rotatable bonds is 5. The molecule has 0 aromatic carbocycles. The molecular formula is C10H20N2O2. The van der Waals surface area contributed by atoms with Gasteiger partial charge in [-0.3, -0.25) is 4.79 Å². The molecule has 1 amide bonds. The van der Waals surface area contributed by atoms with Gasteiger partial charge in [0.2, 0.25) is 5.91 Å². The van der Waals surface area contributed by atoms with Crippen molar-refractivity contribution in [2.24, 2.45) is 0 Å². The van der Waals surface area contributed by atoms with E-state index in [2.05, 4.69) is 5.32 Å². The highest BCUT2D eigenvalue weighted by molar-refractivity contribution is 5.82. The summed E-state index contributed by atoms with van der Waals surface area (Å²) in [6.07, 6.45) is 2.72. The smallest absolute Gasteiger partial charge is 0.239 e. The van der Waals surface area contributed by atoms with Gasteiger partial charge >= 0.3 is 0 Å². The zero-order valence-corrected chi connectivity index (χ0v) is 8.83. The van der Waals surface area contributed by atoms with Gasteiger partial charge in [-0.1, -0.05) is 0 Å². The first kappa shape index (κ1) is 11.5. The maximum atomic E-state index is 11.9. The Balaban J connectivity index is 2.37. The summed E-state index contributed by atoms with van der Waals surface area (Å²) in [6.45, 7) is 4.49. The minimum Gasteiger partial charge on any atom is -0.396 e. The Morgan fingerprint density at radius 3 is 2.93 bits per heavy atom. The summed E-state index contributed by atoms with van der Waals surface area (Å²) in [5, 5.41) is 11.9. The quantitative estimate of drug-likeness (QED) is 0.655. The van der Waals surface area contributed by atoms with E-state index in [1.807, 2.05) is 11.8 Å². The van der Waals surface area contributed by atoms with Gasteiger partial charge in [-0.05, 0) is 32.7 Å². The van der Waals surface area contributed by atoms with Crippen LogP contribution in [0.5, 0.6) is 0 Å². The largest absolute Gasteiger partial charge is 0.396 e. The molecule has 2 N–H and O–H groups in total. The fourth-order valence-electron chi connectivity index (χ4n) is 1.80. The molecule has 0 aromatic rings. The van der Waals surface area contributed by atoms with Crippen molar-refractivity contribution in [3.63, 3.8) is 0 Å². The summed E-state index contributed by atoms with van der Waals surface area (Å²) < 4.78 is 0. The van der Waals surface area contributed by atoms with Gasteiger partial charge in [0, 0.05) is 19.7 Å². The zero-order chi connectivity index (χ0) is 10.4. The van der Waals surface area contributed by atoms with Crippen LogP contribution >= 0.6 is 0 Å². The van der Waals surface area contributed by atoms with Crippen molar-refractivity contribution >= 4 is 5.91 Å². The van der Waals surface area contributed by atoms with Gasteiger partial charge in [-0.15, -0.1) is 0 Å². The number of amides is 1. The first-order valence-corrected chi connectivity index (χ1v) is 5.42. The van der Waals surface area contributed by atoms with E-state index in [1.165, 1.54) is 0 Å². The molecule has 1 aliphatic heterocycles. The molecule has 0 radical (unpaired) electrons. The van der Waals surface area contributed by atoms with Crippen LogP contribution in [0.4, 0.5) is 0 Å². The van der Waals surface area contributed by atoms with Crippen LogP contribution in [0.3, 0.4) is 0 Å². The number of aliphatic hydroxyl groups is 1. The number of carbonyl (C=O) groups is 1. The Hall–Kier alpha value is -0.610. The van der Waals surface area contributed by atoms with Crippen LogP contribution in [0, 0.1) is 0 Å². The molecule has 1 heterocycles. The summed E-state index contributed by atoms with van der Waals surface area (Å²) in [5.41, 5.74) is 0. The van der Waals surface area contributed by atoms with Crippen molar-refractivity contribution in [1.82, 2.24) is 10.2 Å². The molecule has 1 atom stereocenters. The van der Waals surface area contributed by atoms with Crippen LogP contribution in [0.1, 0.15) is 26.2 Å². The van der Waals surface area contributed by atoms with Crippen LogP contribution in [0.2, 0.25) is 0 Å². The van der Waals surface area contributed by atoms with Crippen molar-refractivity contribution in [2.75, 3.05) is 26.2 Å². The standard InChI is InChI=1S/C10H20N2O2/c1-2-12(7-4-8-13)10(14)9-5-3-6-11-9/h9,11,13H,2-8H2,1H3/t9-/m0/s1. The average Bonchev–Trinajstić information content (AvgIpc) is 2.71. The molecule has 1 aliphatic rings. The van der Waals surface area contributed by atoms with E-state index in [9.17, 15) is 4.79 Å². The Bertz CT molecular complexity index is 179. The van der Waals surface area contributed by atoms with E-state index in [4.69, 9.17) is 5.11 Å². The molecule has 82 valence electrons. The molecule has 0 spiro atoms. The van der Waals surface area contributed by atoms with E-state index in [1.54, 1.807) is 0 Å². The fourth-order valence-corrected chi connectivity index (χ4v) is 1.80. The van der Waals surface area contributed by atoms with Gasteiger partial charge in [0.25, 0.3) is 0 Å². The molecule has 0 aliphatic carbocycles. The number of nitrogens with one attached hydrogen (secondary N) is 1. The minimum absolute atomic E-state index is 0.0219.